The van der Waals surface area contributed by atoms with Crippen molar-refractivity contribution in [1.29, 1.82) is 0 Å². The second-order valence-corrected chi connectivity index (χ2v) is 5.05. The fourth-order valence-electron chi connectivity index (χ4n) is 2.46. The molecule has 0 saturated carbocycles. The highest BCUT2D eigenvalue weighted by Crippen LogP contribution is 2.22. The van der Waals surface area contributed by atoms with Crippen LogP contribution in [0.25, 0.3) is 0 Å². The summed E-state index contributed by atoms with van der Waals surface area (Å²) >= 11 is 0. The van der Waals surface area contributed by atoms with Gasteiger partial charge in [0.1, 0.15) is 5.82 Å². The van der Waals surface area contributed by atoms with Crippen molar-refractivity contribution in [3.63, 3.8) is 0 Å². The smallest absolute Gasteiger partial charge is 0.126 e. The summed E-state index contributed by atoms with van der Waals surface area (Å²) < 4.78 is 13.7. The van der Waals surface area contributed by atoms with E-state index in [-0.39, 0.29) is 5.82 Å². The summed E-state index contributed by atoms with van der Waals surface area (Å²) in [5, 5.41) is 3.40. The summed E-state index contributed by atoms with van der Waals surface area (Å²) in [4.78, 5) is 0. The molecule has 0 aromatic heterocycles. The standard InChI is InChI=1S/C18H22FN/c1-2-20-14-17(15-8-4-3-5-9-15)13-12-16-10-6-7-11-18(16)19/h3-11,17,20H,2,12-14H2,1H3. The van der Waals surface area contributed by atoms with Gasteiger partial charge in [-0.1, -0.05) is 55.5 Å². The molecule has 2 rings (SSSR count). The molecular formula is C18H22FN. The van der Waals surface area contributed by atoms with Gasteiger partial charge in [-0.05, 0) is 42.5 Å². The van der Waals surface area contributed by atoms with Crippen LogP contribution in [-0.2, 0) is 6.42 Å². The van der Waals surface area contributed by atoms with Crippen LogP contribution in [0.1, 0.15) is 30.4 Å². The Hall–Kier alpha value is -1.67. The van der Waals surface area contributed by atoms with Crippen molar-refractivity contribution in [3.8, 4) is 0 Å². The van der Waals surface area contributed by atoms with Gasteiger partial charge in [0.15, 0.2) is 0 Å². The number of benzene rings is 2. The first-order chi connectivity index (χ1) is 9.81. The summed E-state index contributed by atoms with van der Waals surface area (Å²) in [5.74, 6) is 0.332. The van der Waals surface area contributed by atoms with E-state index in [1.807, 2.05) is 18.2 Å². The van der Waals surface area contributed by atoms with Gasteiger partial charge in [-0.15, -0.1) is 0 Å². The molecular weight excluding hydrogens is 249 g/mol. The topological polar surface area (TPSA) is 12.0 Å². The van der Waals surface area contributed by atoms with E-state index in [2.05, 4.69) is 36.5 Å². The lowest BCUT2D eigenvalue weighted by Crippen LogP contribution is -2.21. The van der Waals surface area contributed by atoms with Crippen molar-refractivity contribution >= 4 is 0 Å². The summed E-state index contributed by atoms with van der Waals surface area (Å²) in [6, 6.07) is 17.5. The molecule has 2 aromatic carbocycles. The Morgan fingerprint density at radius 2 is 1.70 bits per heavy atom. The molecule has 0 aliphatic heterocycles. The van der Waals surface area contributed by atoms with Crippen LogP contribution in [0, 0.1) is 5.82 Å². The minimum absolute atomic E-state index is 0.0947. The first kappa shape index (κ1) is 14.7. The fourth-order valence-corrected chi connectivity index (χ4v) is 2.46. The van der Waals surface area contributed by atoms with Crippen LogP contribution in [0.2, 0.25) is 0 Å². The quantitative estimate of drug-likeness (QED) is 0.797. The van der Waals surface area contributed by atoms with E-state index in [4.69, 9.17) is 0 Å². The number of halogens is 1. The molecule has 1 nitrogen and oxygen atoms in total. The lowest BCUT2D eigenvalue weighted by atomic mass is 9.92. The van der Waals surface area contributed by atoms with Gasteiger partial charge in [-0.2, -0.15) is 0 Å². The van der Waals surface area contributed by atoms with E-state index in [0.29, 0.717) is 5.92 Å². The van der Waals surface area contributed by atoms with Crippen LogP contribution in [0.4, 0.5) is 4.39 Å². The van der Waals surface area contributed by atoms with Gasteiger partial charge in [-0.25, -0.2) is 4.39 Å². The number of nitrogens with one attached hydrogen (secondary N) is 1. The zero-order valence-corrected chi connectivity index (χ0v) is 12.0. The van der Waals surface area contributed by atoms with Crippen LogP contribution < -0.4 is 5.32 Å². The normalized spacial score (nSPS) is 12.3. The van der Waals surface area contributed by atoms with E-state index >= 15 is 0 Å². The molecule has 1 unspecified atom stereocenters. The van der Waals surface area contributed by atoms with E-state index < -0.39 is 0 Å². The number of rotatable bonds is 7. The molecule has 2 aromatic rings. The first-order valence-corrected chi connectivity index (χ1v) is 7.30. The first-order valence-electron chi connectivity index (χ1n) is 7.30. The molecule has 1 atom stereocenters. The Morgan fingerprint density at radius 1 is 1.00 bits per heavy atom. The molecule has 0 spiro atoms. The van der Waals surface area contributed by atoms with Crippen molar-refractivity contribution in [3.05, 3.63) is 71.5 Å². The molecule has 0 amide bonds. The Morgan fingerprint density at radius 3 is 2.40 bits per heavy atom. The maximum atomic E-state index is 13.7. The van der Waals surface area contributed by atoms with Gasteiger partial charge in [0.05, 0.1) is 0 Å². The lowest BCUT2D eigenvalue weighted by Gasteiger charge is -2.18. The van der Waals surface area contributed by atoms with Crippen molar-refractivity contribution in [2.75, 3.05) is 13.1 Å². The molecule has 0 radical (unpaired) electrons. The number of hydrogen-bond acceptors (Lipinski definition) is 1. The van der Waals surface area contributed by atoms with Crippen LogP contribution in [0.3, 0.4) is 0 Å². The van der Waals surface area contributed by atoms with Crippen LogP contribution in [-0.4, -0.2) is 13.1 Å². The molecule has 0 aliphatic carbocycles. The number of likely N-dealkylation sites (N-methyl/N-ethyl adjacent to an activating group) is 1. The predicted octanol–water partition coefficient (Wildman–Crippen LogP) is 4.15. The van der Waals surface area contributed by atoms with Gasteiger partial charge in [0, 0.05) is 6.54 Å². The lowest BCUT2D eigenvalue weighted by molar-refractivity contribution is 0.547. The second-order valence-electron chi connectivity index (χ2n) is 5.05. The average molecular weight is 271 g/mol. The van der Waals surface area contributed by atoms with Crippen molar-refractivity contribution in [2.45, 2.75) is 25.7 Å². The van der Waals surface area contributed by atoms with E-state index in [1.165, 1.54) is 11.6 Å². The highest BCUT2D eigenvalue weighted by atomic mass is 19.1. The van der Waals surface area contributed by atoms with Crippen LogP contribution in [0.15, 0.2) is 54.6 Å². The van der Waals surface area contributed by atoms with Crippen LogP contribution in [0.5, 0.6) is 0 Å². The molecule has 0 saturated heterocycles. The average Bonchev–Trinajstić information content (AvgIpc) is 2.50. The Bertz CT molecular complexity index is 510. The third-order valence-electron chi connectivity index (χ3n) is 3.63. The fraction of sp³-hybridized carbons (Fsp3) is 0.333. The Labute approximate surface area is 120 Å². The SMILES string of the molecule is CCNCC(CCc1ccccc1F)c1ccccc1. The molecule has 1 N–H and O–H groups in total. The monoisotopic (exact) mass is 271 g/mol. The van der Waals surface area contributed by atoms with Gasteiger partial charge in [0.25, 0.3) is 0 Å². The summed E-state index contributed by atoms with van der Waals surface area (Å²) in [7, 11) is 0. The molecule has 20 heavy (non-hydrogen) atoms. The zero-order chi connectivity index (χ0) is 14.2. The van der Waals surface area contributed by atoms with Gasteiger partial charge in [0.2, 0.25) is 0 Å². The second kappa shape index (κ2) is 7.81. The summed E-state index contributed by atoms with van der Waals surface area (Å²) in [5.41, 5.74) is 2.13. The van der Waals surface area contributed by atoms with Crippen molar-refractivity contribution < 1.29 is 4.39 Å². The molecule has 106 valence electrons. The molecule has 0 bridgehead atoms. The number of hydrogen-bond donors (Lipinski definition) is 1. The zero-order valence-electron chi connectivity index (χ0n) is 12.0. The predicted molar refractivity (Wildman–Crippen MR) is 82.4 cm³/mol. The van der Waals surface area contributed by atoms with Crippen LogP contribution >= 0.6 is 0 Å². The number of aryl methyl sites for hydroxylation is 1. The minimum atomic E-state index is -0.0947. The Kier molecular flexibility index (Phi) is 5.75. The van der Waals surface area contributed by atoms with E-state index in [1.54, 1.807) is 6.07 Å². The Balaban J connectivity index is 2.03. The molecule has 0 heterocycles. The molecule has 0 fully saturated rings. The maximum absolute atomic E-state index is 13.7. The third-order valence-corrected chi connectivity index (χ3v) is 3.63. The molecule has 2 heteroatoms. The largest absolute Gasteiger partial charge is 0.316 e. The third kappa shape index (κ3) is 4.17. The van der Waals surface area contributed by atoms with Crippen molar-refractivity contribution in [1.82, 2.24) is 5.32 Å². The minimum Gasteiger partial charge on any atom is -0.316 e. The summed E-state index contributed by atoms with van der Waals surface area (Å²) in [6.45, 7) is 4.01. The highest BCUT2D eigenvalue weighted by Gasteiger charge is 2.12. The summed E-state index contributed by atoms with van der Waals surface area (Å²) in [6.07, 6.45) is 1.73. The molecule has 0 aliphatic rings. The van der Waals surface area contributed by atoms with Gasteiger partial charge in [-0.3, -0.25) is 0 Å². The van der Waals surface area contributed by atoms with Crippen molar-refractivity contribution in [2.24, 2.45) is 0 Å². The van der Waals surface area contributed by atoms with E-state index in [9.17, 15) is 4.39 Å². The van der Waals surface area contributed by atoms with Gasteiger partial charge >= 0.3 is 0 Å². The highest BCUT2D eigenvalue weighted by molar-refractivity contribution is 5.22. The maximum Gasteiger partial charge on any atom is 0.126 e. The van der Waals surface area contributed by atoms with Gasteiger partial charge < -0.3 is 5.32 Å². The van der Waals surface area contributed by atoms with E-state index in [0.717, 1.165) is 31.5 Å².